The number of rotatable bonds is 3. The standard InChI is InChI=1S/C15H16N2O2/c18-14-4-2-1-3-13(14)15(19)17-16-9-12-8-10-5-6-11(12)7-10/h1-6,9-12,18H,7-8H2,(H,17,19)/b16-9-/t10-,11-,12+/m0/s1. The molecule has 3 rings (SSSR count). The van der Waals surface area contributed by atoms with Gasteiger partial charge in [0.15, 0.2) is 0 Å². The van der Waals surface area contributed by atoms with Crippen molar-refractivity contribution in [1.82, 2.24) is 5.43 Å². The van der Waals surface area contributed by atoms with Gasteiger partial charge in [0.05, 0.1) is 5.56 Å². The highest BCUT2D eigenvalue weighted by Crippen LogP contribution is 2.42. The first-order valence-electron chi connectivity index (χ1n) is 6.54. The van der Waals surface area contributed by atoms with Crippen LogP contribution in [-0.2, 0) is 0 Å². The number of benzene rings is 1. The van der Waals surface area contributed by atoms with Crippen LogP contribution >= 0.6 is 0 Å². The van der Waals surface area contributed by atoms with Crippen molar-refractivity contribution in [3.05, 3.63) is 42.0 Å². The number of hydrogen-bond donors (Lipinski definition) is 2. The molecule has 2 N–H and O–H groups in total. The maximum atomic E-state index is 11.8. The highest BCUT2D eigenvalue weighted by Gasteiger charge is 2.34. The number of amides is 1. The van der Waals surface area contributed by atoms with Crippen LogP contribution in [0.2, 0.25) is 0 Å². The van der Waals surface area contributed by atoms with Crippen LogP contribution in [0.3, 0.4) is 0 Å². The molecule has 0 unspecified atom stereocenters. The predicted octanol–water partition coefficient (Wildman–Crippen LogP) is 2.32. The zero-order chi connectivity index (χ0) is 13.2. The minimum Gasteiger partial charge on any atom is -0.507 e. The quantitative estimate of drug-likeness (QED) is 0.495. The Balaban J connectivity index is 1.59. The Morgan fingerprint density at radius 1 is 1.32 bits per heavy atom. The zero-order valence-electron chi connectivity index (χ0n) is 10.5. The molecule has 0 heterocycles. The Bertz CT molecular complexity index is 551. The van der Waals surface area contributed by atoms with Gasteiger partial charge in [-0.05, 0) is 36.8 Å². The first kappa shape index (κ1) is 12.0. The fourth-order valence-electron chi connectivity index (χ4n) is 2.91. The third-order valence-electron chi connectivity index (χ3n) is 3.91. The lowest BCUT2D eigenvalue weighted by Gasteiger charge is -2.12. The SMILES string of the molecule is O=C(N/N=C\[C@H]1C[C@H]2C=C[C@H]1C2)c1ccccc1O. The molecule has 0 aromatic heterocycles. The largest absolute Gasteiger partial charge is 0.507 e. The van der Waals surface area contributed by atoms with Gasteiger partial charge in [0.25, 0.3) is 5.91 Å². The summed E-state index contributed by atoms with van der Waals surface area (Å²) in [6.07, 6.45) is 8.68. The van der Waals surface area contributed by atoms with Crippen molar-refractivity contribution in [2.75, 3.05) is 0 Å². The highest BCUT2D eigenvalue weighted by molar-refractivity contribution is 5.96. The van der Waals surface area contributed by atoms with E-state index in [1.807, 2.05) is 6.21 Å². The van der Waals surface area contributed by atoms with E-state index < -0.39 is 0 Å². The number of nitrogens with one attached hydrogen (secondary N) is 1. The summed E-state index contributed by atoms with van der Waals surface area (Å²) in [4.78, 5) is 11.8. The Morgan fingerprint density at radius 2 is 2.16 bits per heavy atom. The molecule has 1 fully saturated rings. The lowest BCUT2D eigenvalue weighted by atomic mass is 9.95. The van der Waals surface area contributed by atoms with E-state index in [1.54, 1.807) is 18.2 Å². The van der Waals surface area contributed by atoms with Crippen LogP contribution in [0.5, 0.6) is 5.75 Å². The summed E-state index contributed by atoms with van der Waals surface area (Å²) in [5, 5.41) is 13.6. The Hall–Kier alpha value is -2.10. The van der Waals surface area contributed by atoms with E-state index in [4.69, 9.17) is 0 Å². The number of carbonyl (C=O) groups is 1. The van der Waals surface area contributed by atoms with Crippen LogP contribution in [0.4, 0.5) is 0 Å². The van der Waals surface area contributed by atoms with E-state index in [1.165, 1.54) is 12.5 Å². The number of phenols is 1. The monoisotopic (exact) mass is 256 g/mol. The molecule has 4 heteroatoms. The van der Waals surface area contributed by atoms with Gasteiger partial charge < -0.3 is 5.11 Å². The third kappa shape index (κ3) is 2.38. The minimum atomic E-state index is -0.381. The van der Waals surface area contributed by atoms with Gasteiger partial charge in [0.2, 0.25) is 0 Å². The van der Waals surface area contributed by atoms with E-state index in [2.05, 4.69) is 22.7 Å². The number of carbonyl (C=O) groups excluding carboxylic acids is 1. The lowest BCUT2D eigenvalue weighted by Crippen LogP contribution is -2.19. The molecule has 2 aliphatic rings. The molecule has 1 aromatic carbocycles. The van der Waals surface area contributed by atoms with Crippen LogP contribution < -0.4 is 5.43 Å². The summed E-state index contributed by atoms with van der Waals surface area (Å²) in [6.45, 7) is 0. The molecule has 0 aliphatic heterocycles. The first-order valence-corrected chi connectivity index (χ1v) is 6.54. The van der Waals surface area contributed by atoms with E-state index >= 15 is 0 Å². The maximum Gasteiger partial charge on any atom is 0.275 e. The van der Waals surface area contributed by atoms with Crippen LogP contribution in [0.15, 0.2) is 41.5 Å². The number of phenolic OH excluding ortho intramolecular Hbond substituents is 1. The first-order chi connectivity index (χ1) is 9.24. The van der Waals surface area contributed by atoms with E-state index in [0.29, 0.717) is 17.8 Å². The van der Waals surface area contributed by atoms with Crippen LogP contribution in [0.1, 0.15) is 23.2 Å². The zero-order valence-corrected chi connectivity index (χ0v) is 10.5. The number of hydrazone groups is 1. The van der Waals surface area contributed by atoms with Crippen molar-refractivity contribution < 1.29 is 9.90 Å². The van der Waals surface area contributed by atoms with Gasteiger partial charge in [-0.15, -0.1) is 0 Å². The van der Waals surface area contributed by atoms with Gasteiger partial charge in [0.1, 0.15) is 5.75 Å². The molecule has 3 atom stereocenters. The maximum absolute atomic E-state index is 11.8. The topological polar surface area (TPSA) is 61.7 Å². The molecule has 98 valence electrons. The van der Waals surface area contributed by atoms with Crippen molar-refractivity contribution in [1.29, 1.82) is 0 Å². The van der Waals surface area contributed by atoms with Crippen LogP contribution in [0.25, 0.3) is 0 Å². The molecule has 1 amide bonds. The molecular formula is C15H16N2O2. The third-order valence-corrected chi connectivity index (χ3v) is 3.91. The van der Waals surface area contributed by atoms with Crippen molar-refractivity contribution in [3.8, 4) is 5.75 Å². The number of nitrogens with zero attached hydrogens (tertiary/aromatic N) is 1. The minimum absolute atomic E-state index is 0.0296. The average Bonchev–Trinajstić information content (AvgIpc) is 3.01. The van der Waals surface area contributed by atoms with Gasteiger partial charge in [-0.2, -0.15) is 5.10 Å². The molecule has 0 spiro atoms. The summed E-state index contributed by atoms with van der Waals surface area (Å²) in [5.74, 6) is 1.29. The van der Waals surface area contributed by atoms with Crippen LogP contribution in [0, 0.1) is 17.8 Å². The second kappa shape index (κ2) is 4.88. The van der Waals surface area contributed by atoms with Crippen molar-refractivity contribution in [2.24, 2.45) is 22.9 Å². The number of aromatic hydroxyl groups is 1. The van der Waals surface area contributed by atoms with Crippen molar-refractivity contribution >= 4 is 12.1 Å². The summed E-state index contributed by atoms with van der Waals surface area (Å²) in [7, 11) is 0. The number of allylic oxidation sites excluding steroid dienone is 2. The predicted molar refractivity (Wildman–Crippen MR) is 72.9 cm³/mol. The molecule has 2 bridgehead atoms. The Labute approximate surface area is 111 Å². The van der Waals surface area contributed by atoms with E-state index in [9.17, 15) is 9.90 Å². The van der Waals surface area contributed by atoms with Gasteiger partial charge >= 0.3 is 0 Å². The van der Waals surface area contributed by atoms with E-state index in [0.717, 1.165) is 6.42 Å². The number of para-hydroxylation sites is 1. The molecule has 4 nitrogen and oxygen atoms in total. The second-order valence-corrected chi connectivity index (χ2v) is 5.18. The van der Waals surface area contributed by atoms with Gasteiger partial charge in [-0.3, -0.25) is 4.79 Å². The molecule has 1 saturated carbocycles. The van der Waals surface area contributed by atoms with Gasteiger partial charge in [-0.25, -0.2) is 5.43 Å². The Morgan fingerprint density at radius 3 is 2.84 bits per heavy atom. The summed E-state index contributed by atoms with van der Waals surface area (Å²) >= 11 is 0. The fourth-order valence-corrected chi connectivity index (χ4v) is 2.91. The van der Waals surface area contributed by atoms with Crippen molar-refractivity contribution in [2.45, 2.75) is 12.8 Å². The molecule has 1 aromatic rings. The fraction of sp³-hybridized carbons (Fsp3) is 0.333. The molecular weight excluding hydrogens is 240 g/mol. The highest BCUT2D eigenvalue weighted by atomic mass is 16.3. The van der Waals surface area contributed by atoms with Gasteiger partial charge in [0, 0.05) is 12.1 Å². The van der Waals surface area contributed by atoms with Gasteiger partial charge in [-0.1, -0.05) is 24.3 Å². The summed E-state index contributed by atoms with van der Waals surface area (Å²) < 4.78 is 0. The lowest BCUT2D eigenvalue weighted by molar-refractivity contribution is 0.0952. The van der Waals surface area contributed by atoms with Crippen molar-refractivity contribution in [3.63, 3.8) is 0 Å². The van der Waals surface area contributed by atoms with Crippen LogP contribution in [-0.4, -0.2) is 17.2 Å². The number of fused-ring (bicyclic) bond motifs is 2. The normalized spacial score (nSPS) is 28.1. The molecule has 19 heavy (non-hydrogen) atoms. The molecule has 0 radical (unpaired) electrons. The van der Waals surface area contributed by atoms with E-state index in [-0.39, 0.29) is 17.2 Å². The summed E-state index contributed by atoms with van der Waals surface area (Å²) in [6, 6.07) is 6.44. The number of hydrogen-bond acceptors (Lipinski definition) is 3. The average molecular weight is 256 g/mol. The smallest absolute Gasteiger partial charge is 0.275 e. The Kier molecular flexibility index (Phi) is 3.07. The summed E-state index contributed by atoms with van der Waals surface area (Å²) in [5.41, 5.74) is 2.72. The molecule has 2 aliphatic carbocycles. The second-order valence-electron chi connectivity index (χ2n) is 5.18. The molecule has 0 saturated heterocycles.